The van der Waals surface area contributed by atoms with Crippen molar-refractivity contribution >= 4 is 0 Å². The average Bonchev–Trinajstić information content (AvgIpc) is 3.00. The first-order valence-electron chi connectivity index (χ1n) is 7.68. The molecule has 0 spiro atoms. The fraction of sp³-hybridized carbons (Fsp3) is 0.647. The average molecular weight is 276 g/mol. The number of hydrogen-bond donors (Lipinski definition) is 1. The molecule has 20 heavy (non-hydrogen) atoms. The van der Waals surface area contributed by atoms with Gasteiger partial charge < -0.3 is 10.5 Å². The van der Waals surface area contributed by atoms with Gasteiger partial charge in [-0.15, -0.1) is 0 Å². The fourth-order valence-corrected chi connectivity index (χ4v) is 3.33. The van der Waals surface area contributed by atoms with Crippen molar-refractivity contribution in [1.82, 2.24) is 4.90 Å². The number of benzene rings is 1. The quantitative estimate of drug-likeness (QED) is 0.897. The van der Waals surface area contributed by atoms with E-state index in [1.807, 2.05) is 6.07 Å². The van der Waals surface area contributed by atoms with E-state index >= 15 is 0 Å². The highest BCUT2D eigenvalue weighted by Crippen LogP contribution is 2.36. The predicted molar refractivity (Wildman–Crippen MR) is 84.2 cm³/mol. The van der Waals surface area contributed by atoms with Crippen molar-refractivity contribution in [2.45, 2.75) is 51.6 Å². The summed E-state index contributed by atoms with van der Waals surface area (Å²) in [7, 11) is 1.70. The Balaban J connectivity index is 2.30. The molecule has 1 aliphatic rings. The number of nitrogens with two attached hydrogens (primary N) is 1. The maximum atomic E-state index is 6.67. The van der Waals surface area contributed by atoms with E-state index in [9.17, 15) is 0 Å². The summed E-state index contributed by atoms with van der Waals surface area (Å²) in [5.41, 5.74) is 9.17. The lowest BCUT2D eigenvalue weighted by Gasteiger charge is -2.43. The Labute approximate surface area is 123 Å². The standard InChI is InChI=1S/C17H28N2O/c1-5-17(3,19-10-6-7-11-19)16(18)15-9-8-14(20-4)12-13(15)2/h8-9,12,16H,5-7,10-11,18H2,1-4H3. The van der Waals surface area contributed by atoms with Crippen LogP contribution in [0.4, 0.5) is 0 Å². The van der Waals surface area contributed by atoms with Crippen LogP contribution in [0, 0.1) is 6.92 Å². The molecule has 112 valence electrons. The first kappa shape index (κ1) is 15.3. The minimum Gasteiger partial charge on any atom is -0.497 e. The first-order valence-corrected chi connectivity index (χ1v) is 7.68. The molecule has 2 N–H and O–H groups in total. The lowest BCUT2D eigenvalue weighted by Crippen LogP contribution is -2.52. The van der Waals surface area contributed by atoms with Gasteiger partial charge in [-0.05, 0) is 69.5 Å². The zero-order valence-corrected chi connectivity index (χ0v) is 13.3. The minimum atomic E-state index is 0.0375. The van der Waals surface area contributed by atoms with Crippen LogP contribution in [-0.2, 0) is 0 Å². The van der Waals surface area contributed by atoms with Crippen LogP contribution >= 0.6 is 0 Å². The number of rotatable bonds is 5. The van der Waals surface area contributed by atoms with Crippen molar-refractivity contribution in [2.24, 2.45) is 5.73 Å². The van der Waals surface area contributed by atoms with Crippen molar-refractivity contribution in [3.63, 3.8) is 0 Å². The second kappa shape index (κ2) is 6.15. The van der Waals surface area contributed by atoms with Gasteiger partial charge in [-0.3, -0.25) is 4.90 Å². The third kappa shape index (κ3) is 2.70. The van der Waals surface area contributed by atoms with E-state index < -0.39 is 0 Å². The maximum Gasteiger partial charge on any atom is 0.119 e. The van der Waals surface area contributed by atoms with E-state index in [0.717, 1.165) is 12.2 Å². The maximum absolute atomic E-state index is 6.67. The van der Waals surface area contributed by atoms with Crippen LogP contribution in [0.2, 0.25) is 0 Å². The Bertz CT molecular complexity index is 454. The molecule has 1 aromatic rings. The Morgan fingerprint density at radius 2 is 2.00 bits per heavy atom. The topological polar surface area (TPSA) is 38.5 Å². The molecule has 2 rings (SSSR count). The van der Waals surface area contributed by atoms with E-state index in [-0.39, 0.29) is 11.6 Å². The molecular formula is C17H28N2O. The number of aryl methyl sites for hydroxylation is 1. The molecule has 3 nitrogen and oxygen atoms in total. The van der Waals surface area contributed by atoms with Crippen molar-refractivity contribution in [2.75, 3.05) is 20.2 Å². The Morgan fingerprint density at radius 1 is 1.35 bits per heavy atom. The van der Waals surface area contributed by atoms with E-state index in [4.69, 9.17) is 10.5 Å². The molecular weight excluding hydrogens is 248 g/mol. The molecule has 0 radical (unpaired) electrons. The van der Waals surface area contributed by atoms with Crippen molar-refractivity contribution in [1.29, 1.82) is 0 Å². The Hall–Kier alpha value is -1.06. The van der Waals surface area contributed by atoms with Crippen LogP contribution in [0.1, 0.15) is 50.3 Å². The smallest absolute Gasteiger partial charge is 0.119 e. The molecule has 1 saturated heterocycles. The lowest BCUT2D eigenvalue weighted by atomic mass is 9.82. The molecule has 0 aromatic heterocycles. The SMILES string of the molecule is CCC(C)(C(N)c1ccc(OC)cc1C)N1CCCC1. The summed E-state index contributed by atoms with van der Waals surface area (Å²) in [6.07, 6.45) is 3.66. The zero-order valence-electron chi connectivity index (χ0n) is 13.3. The molecule has 1 fully saturated rings. The summed E-state index contributed by atoms with van der Waals surface area (Å²) >= 11 is 0. The van der Waals surface area contributed by atoms with Gasteiger partial charge in [0.25, 0.3) is 0 Å². The van der Waals surface area contributed by atoms with Gasteiger partial charge in [-0.2, -0.15) is 0 Å². The Morgan fingerprint density at radius 3 is 2.50 bits per heavy atom. The summed E-state index contributed by atoms with van der Waals surface area (Å²) in [5.74, 6) is 0.901. The van der Waals surface area contributed by atoms with Gasteiger partial charge >= 0.3 is 0 Å². The molecule has 0 amide bonds. The van der Waals surface area contributed by atoms with Crippen LogP contribution in [-0.4, -0.2) is 30.6 Å². The molecule has 3 heteroatoms. The van der Waals surface area contributed by atoms with Crippen LogP contribution in [0.5, 0.6) is 5.75 Å². The van der Waals surface area contributed by atoms with Crippen LogP contribution in [0.3, 0.4) is 0 Å². The van der Waals surface area contributed by atoms with Gasteiger partial charge in [0.1, 0.15) is 5.75 Å². The normalized spacial score (nSPS) is 20.6. The van der Waals surface area contributed by atoms with Gasteiger partial charge in [0.05, 0.1) is 7.11 Å². The number of ether oxygens (including phenoxy) is 1. The van der Waals surface area contributed by atoms with Crippen LogP contribution in [0.25, 0.3) is 0 Å². The third-order valence-corrected chi connectivity index (χ3v) is 5.03. The van der Waals surface area contributed by atoms with Crippen LogP contribution < -0.4 is 10.5 Å². The second-order valence-electron chi connectivity index (χ2n) is 6.11. The van der Waals surface area contributed by atoms with E-state index in [0.29, 0.717) is 0 Å². The second-order valence-corrected chi connectivity index (χ2v) is 6.11. The molecule has 0 saturated carbocycles. The lowest BCUT2D eigenvalue weighted by molar-refractivity contribution is 0.0997. The fourth-order valence-electron chi connectivity index (χ4n) is 3.33. The summed E-state index contributed by atoms with van der Waals surface area (Å²) in [6.45, 7) is 9.03. The van der Waals surface area contributed by atoms with Crippen molar-refractivity contribution in [3.8, 4) is 5.75 Å². The molecule has 2 atom stereocenters. The highest BCUT2D eigenvalue weighted by atomic mass is 16.5. The van der Waals surface area contributed by atoms with Gasteiger partial charge in [0.2, 0.25) is 0 Å². The van der Waals surface area contributed by atoms with Gasteiger partial charge in [-0.1, -0.05) is 13.0 Å². The third-order valence-electron chi connectivity index (χ3n) is 5.03. The van der Waals surface area contributed by atoms with Crippen molar-refractivity contribution in [3.05, 3.63) is 29.3 Å². The minimum absolute atomic E-state index is 0.0375. The molecule has 1 aromatic carbocycles. The van der Waals surface area contributed by atoms with Gasteiger partial charge in [-0.25, -0.2) is 0 Å². The number of methoxy groups -OCH3 is 1. The number of hydrogen-bond acceptors (Lipinski definition) is 3. The van der Waals surface area contributed by atoms with Crippen molar-refractivity contribution < 1.29 is 4.74 Å². The summed E-state index contributed by atoms with van der Waals surface area (Å²) in [5, 5.41) is 0. The van der Waals surface area contributed by atoms with Gasteiger partial charge in [0, 0.05) is 11.6 Å². The van der Waals surface area contributed by atoms with E-state index in [1.54, 1.807) is 7.11 Å². The van der Waals surface area contributed by atoms with E-state index in [2.05, 4.69) is 37.8 Å². The molecule has 0 aliphatic carbocycles. The highest BCUT2D eigenvalue weighted by molar-refractivity contribution is 5.38. The number of likely N-dealkylation sites (tertiary alicyclic amines) is 1. The van der Waals surface area contributed by atoms with E-state index in [1.165, 1.54) is 37.1 Å². The highest BCUT2D eigenvalue weighted by Gasteiger charge is 2.38. The largest absolute Gasteiger partial charge is 0.497 e. The predicted octanol–water partition coefficient (Wildman–Crippen LogP) is 3.27. The molecule has 2 unspecified atom stereocenters. The Kier molecular flexibility index (Phi) is 4.71. The zero-order chi connectivity index (χ0) is 14.8. The monoisotopic (exact) mass is 276 g/mol. The molecule has 1 aliphatic heterocycles. The number of nitrogens with zero attached hydrogens (tertiary/aromatic N) is 1. The van der Waals surface area contributed by atoms with Crippen LogP contribution in [0.15, 0.2) is 18.2 Å². The molecule has 0 bridgehead atoms. The molecule has 1 heterocycles. The summed E-state index contributed by atoms with van der Waals surface area (Å²) < 4.78 is 5.29. The summed E-state index contributed by atoms with van der Waals surface area (Å²) in [6, 6.07) is 6.26. The first-order chi connectivity index (χ1) is 9.52. The van der Waals surface area contributed by atoms with Gasteiger partial charge in [0.15, 0.2) is 0 Å². The summed E-state index contributed by atoms with van der Waals surface area (Å²) in [4.78, 5) is 2.57.